The SMILES string of the molecule is CCCn1cnnc1CNC(=O)C[C@H]1CC[C@@H](CNC(=O)c2cnco2)N1C.O=CO. The van der Waals surface area contributed by atoms with Gasteiger partial charge in [-0.3, -0.25) is 19.3 Å². The largest absolute Gasteiger partial charge is 0.483 e. The van der Waals surface area contributed by atoms with E-state index in [-0.39, 0.29) is 36.1 Å². The number of aromatic nitrogens is 4. The molecule has 170 valence electrons. The van der Waals surface area contributed by atoms with Crippen LogP contribution in [0.1, 0.15) is 49.0 Å². The highest BCUT2D eigenvalue weighted by atomic mass is 16.4. The zero-order valence-electron chi connectivity index (χ0n) is 17.7. The molecule has 12 nitrogen and oxygen atoms in total. The molecule has 1 aliphatic heterocycles. The Morgan fingerprint density at radius 3 is 2.74 bits per heavy atom. The monoisotopic (exact) mass is 435 g/mol. The van der Waals surface area contributed by atoms with Gasteiger partial charge in [0.1, 0.15) is 6.33 Å². The molecule has 31 heavy (non-hydrogen) atoms. The summed E-state index contributed by atoms with van der Waals surface area (Å²) in [6, 6.07) is 0.345. The number of carbonyl (C=O) groups is 3. The van der Waals surface area contributed by atoms with Gasteiger partial charge in [0.2, 0.25) is 11.7 Å². The fourth-order valence-corrected chi connectivity index (χ4v) is 3.52. The van der Waals surface area contributed by atoms with E-state index in [1.54, 1.807) is 6.33 Å². The van der Waals surface area contributed by atoms with Gasteiger partial charge in [-0.15, -0.1) is 10.2 Å². The Labute approximate surface area is 180 Å². The van der Waals surface area contributed by atoms with Gasteiger partial charge in [0.05, 0.1) is 12.7 Å². The van der Waals surface area contributed by atoms with E-state index in [4.69, 9.17) is 14.3 Å². The molecule has 1 aliphatic rings. The average molecular weight is 435 g/mol. The molecule has 0 saturated carbocycles. The molecular weight excluding hydrogens is 406 g/mol. The molecule has 2 aromatic rings. The zero-order valence-corrected chi connectivity index (χ0v) is 17.7. The molecule has 2 aromatic heterocycles. The number of rotatable bonds is 9. The number of amides is 2. The van der Waals surface area contributed by atoms with Gasteiger partial charge in [-0.05, 0) is 26.3 Å². The maximum atomic E-state index is 12.4. The van der Waals surface area contributed by atoms with Crippen molar-refractivity contribution in [3.05, 3.63) is 30.5 Å². The Hall–Kier alpha value is -3.28. The van der Waals surface area contributed by atoms with Crippen LogP contribution < -0.4 is 10.6 Å². The van der Waals surface area contributed by atoms with Crippen LogP contribution in [0.2, 0.25) is 0 Å². The van der Waals surface area contributed by atoms with E-state index < -0.39 is 0 Å². The summed E-state index contributed by atoms with van der Waals surface area (Å²) >= 11 is 0. The first-order valence-corrected chi connectivity index (χ1v) is 10.1. The highest BCUT2D eigenvalue weighted by molar-refractivity contribution is 5.91. The number of oxazole rings is 1. The lowest BCUT2D eigenvalue weighted by Gasteiger charge is -2.25. The highest BCUT2D eigenvalue weighted by Gasteiger charge is 2.32. The van der Waals surface area contributed by atoms with Crippen LogP contribution in [0.3, 0.4) is 0 Å². The summed E-state index contributed by atoms with van der Waals surface area (Å²) in [6.45, 7) is 3.56. The maximum Gasteiger partial charge on any atom is 0.290 e. The van der Waals surface area contributed by atoms with Crippen LogP contribution >= 0.6 is 0 Å². The van der Waals surface area contributed by atoms with Crippen LogP contribution in [0.5, 0.6) is 0 Å². The number of nitrogens with zero attached hydrogens (tertiary/aromatic N) is 5. The van der Waals surface area contributed by atoms with Crippen molar-refractivity contribution in [2.75, 3.05) is 13.6 Å². The Balaban J connectivity index is 0.00000107. The number of likely N-dealkylation sites (N-methyl/N-ethyl adjacent to an activating group) is 1. The second kappa shape index (κ2) is 12.4. The zero-order chi connectivity index (χ0) is 22.6. The summed E-state index contributed by atoms with van der Waals surface area (Å²) in [5.74, 6) is 0.688. The summed E-state index contributed by atoms with van der Waals surface area (Å²) in [4.78, 5) is 38.6. The van der Waals surface area contributed by atoms with Gasteiger partial charge in [-0.1, -0.05) is 6.92 Å². The molecule has 3 heterocycles. The van der Waals surface area contributed by atoms with Gasteiger partial charge < -0.3 is 24.7 Å². The minimum absolute atomic E-state index is 0.00533. The van der Waals surface area contributed by atoms with E-state index in [0.717, 1.165) is 31.6 Å². The van der Waals surface area contributed by atoms with Crippen molar-refractivity contribution in [1.29, 1.82) is 0 Å². The van der Waals surface area contributed by atoms with Gasteiger partial charge in [0.25, 0.3) is 12.4 Å². The van der Waals surface area contributed by atoms with Gasteiger partial charge in [-0.2, -0.15) is 0 Å². The standard InChI is InChI=1S/C18H27N7O3.CH2O2/c1-3-6-25-11-22-23-16(25)10-20-17(26)7-13-4-5-14(24(13)2)8-21-18(27)15-9-19-12-28-15;2-1-3/h9,11-14H,3-8,10H2,1-2H3,(H,20,26)(H,21,27);1H,(H,2,3)/t13-,14+;/m1./s1. The first-order valence-electron chi connectivity index (χ1n) is 10.1. The lowest BCUT2D eigenvalue weighted by Crippen LogP contribution is -2.42. The van der Waals surface area contributed by atoms with E-state index in [1.807, 2.05) is 11.6 Å². The first kappa shape index (κ1) is 24.0. The lowest BCUT2D eigenvalue weighted by atomic mass is 10.1. The van der Waals surface area contributed by atoms with Crippen molar-refractivity contribution in [2.24, 2.45) is 0 Å². The predicted octanol–water partition coefficient (Wildman–Crippen LogP) is 0.276. The van der Waals surface area contributed by atoms with Crippen molar-refractivity contribution < 1.29 is 23.9 Å². The molecule has 0 bridgehead atoms. The molecule has 0 radical (unpaired) electrons. The van der Waals surface area contributed by atoms with Crippen LogP contribution in [0.4, 0.5) is 0 Å². The van der Waals surface area contributed by atoms with E-state index in [9.17, 15) is 9.59 Å². The van der Waals surface area contributed by atoms with Gasteiger partial charge in [0, 0.05) is 31.6 Å². The van der Waals surface area contributed by atoms with E-state index >= 15 is 0 Å². The summed E-state index contributed by atoms with van der Waals surface area (Å²) in [6.07, 6.45) is 7.56. The van der Waals surface area contributed by atoms with Crippen LogP contribution in [0.15, 0.2) is 23.3 Å². The van der Waals surface area contributed by atoms with Crippen molar-refractivity contribution in [2.45, 2.75) is 57.8 Å². The van der Waals surface area contributed by atoms with Gasteiger partial charge in [0.15, 0.2) is 12.2 Å². The Morgan fingerprint density at radius 1 is 1.32 bits per heavy atom. The number of hydrogen-bond acceptors (Lipinski definition) is 8. The molecule has 12 heteroatoms. The molecule has 2 atom stereocenters. The molecule has 0 aliphatic carbocycles. The maximum absolute atomic E-state index is 12.4. The topological polar surface area (TPSA) is 155 Å². The number of carbonyl (C=O) groups excluding carboxylic acids is 2. The van der Waals surface area contributed by atoms with E-state index in [2.05, 4.69) is 37.6 Å². The number of likely N-dealkylation sites (tertiary alicyclic amines) is 1. The van der Waals surface area contributed by atoms with Crippen molar-refractivity contribution in [3.63, 3.8) is 0 Å². The first-order chi connectivity index (χ1) is 15.0. The number of carboxylic acid groups (broad SMARTS) is 1. The third kappa shape index (κ3) is 7.17. The minimum Gasteiger partial charge on any atom is -0.483 e. The van der Waals surface area contributed by atoms with Gasteiger partial charge in [-0.25, -0.2) is 4.98 Å². The third-order valence-electron chi connectivity index (χ3n) is 5.16. The second-order valence-corrected chi connectivity index (χ2v) is 7.15. The normalized spacial score (nSPS) is 18.1. The Kier molecular flexibility index (Phi) is 9.62. The fourth-order valence-electron chi connectivity index (χ4n) is 3.52. The Bertz CT molecular complexity index is 823. The van der Waals surface area contributed by atoms with Crippen LogP contribution in [-0.4, -0.2) is 73.7 Å². The molecule has 0 spiro atoms. The molecule has 1 saturated heterocycles. The summed E-state index contributed by atoms with van der Waals surface area (Å²) in [5, 5.41) is 20.7. The van der Waals surface area contributed by atoms with Crippen molar-refractivity contribution >= 4 is 18.3 Å². The number of hydrogen-bond donors (Lipinski definition) is 3. The molecule has 3 N–H and O–H groups in total. The van der Waals surface area contributed by atoms with Crippen molar-refractivity contribution in [3.8, 4) is 0 Å². The predicted molar refractivity (Wildman–Crippen MR) is 109 cm³/mol. The molecule has 1 fully saturated rings. The fraction of sp³-hybridized carbons (Fsp3) is 0.579. The van der Waals surface area contributed by atoms with Crippen LogP contribution in [-0.2, 0) is 22.7 Å². The molecule has 0 unspecified atom stereocenters. The van der Waals surface area contributed by atoms with Crippen molar-refractivity contribution in [1.82, 2.24) is 35.3 Å². The van der Waals surface area contributed by atoms with Crippen LogP contribution in [0, 0.1) is 0 Å². The average Bonchev–Trinajstić information content (AvgIpc) is 3.49. The summed E-state index contributed by atoms with van der Waals surface area (Å²) in [7, 11) is 1.99. The van der Waals surface area contributed by atoms with Gasteiger partial charge >= 0.3 is 0 Å². The lowest BCUT2D eigenvalue weighted by molar-refractivity contribution is -0.123. The third-order valence-corrected chi connectivity index (χ3v) is 5.16. The second-order valence-electron chi connectivity index (χ2n) is 7.15. The highest BCUT2D eigenvalue weighted by Crippen LogP contribution is 2.24. The number of nitrogens with one attached hydrogen (secondary N) is 2. The smallest absolute Gasteiger partial charge is 0.290 e. The van der Waals surface area contributed by atoms with Crippen LogP contribution in [0.25, 0.3) is 0 Å². The Morgan fingerprint density at radius 2 is 2.06 bits per heavy atom. The summed E-state index contributed by atoms with van der Waals surface area (Å²) < 4.78 is 6.94. The molecular formula is C19H29N7O5. The minimum atomic E-state index is -0.275. The molecule has 0 aromatic carbocycles. The summed E-state index contributed by atoms with van der Waals surface area (Å²) in [5.41, 5.74) is 0. The molecule has 3 rings (SSSR count). The molecule has 2 amide bonds. The van der Waals surface area contributed by atoms with E-state index in [1.165, 1.54) is 12.6 Å². The number of aryl methyl sites for hydroxylation is 1. The quantitative estimate of drug-likeness (QED) is 0.471. The van der Waals surface area contributed by atoms with E-state index in [0.29, 0.717) is 19.5 Å².